The number of halogens is 1. The van der Waals surface area contributed by atoms with Crippen LogP contribution in [0.15, 0.2) is 24.4 Å². The first-order valence-corrected chi connectivity index (χ1v) is 11.6. The molecule has 5 nitrogen and oxygen atoms in total. The van der Waals surface area contributed by atoms with Crippen LogP contribution in [0.5, 0.6) is 0 Å². The smallest absolute Gasteiger partial charge is 0.309 e. The largest absolute Gasteiger partial charge is 0.466 e. The topological polar surface area (TPSA) is 62.4 Å². The number of benzene rings is 1. The third-order valence-corrected chi connectivity index (χ3v) is 7.28. The van der Waals surface area contributed by atoms with Crippen molar-refractivity contribution >= 4 is 34.4 Å². The highest BCUT2D eigenvalue weighted by Crippen LogP contribution is 2.41. The maximum Gasteiger partial charge on any atom is 0.309 e. The van der Waals surface area contributed by atoms with Crippen LogP contribution in [-0.2, 0) is 14.3 Å². The summed E-state index contributed by atoms with van der Waals surface area (Å²) < 4.78 is 5.33. The van der Waals surface area contributed by atoms with E-state index >= 15 is 0 Å². The molecule has 162 valence electrons. The van der Waals surface area contributed by atoms with Gasteiger partial charge >= 0.3 is 5.97 Å². The fourth-order valence-corrected chi connectivity index (χ4v) is 5.87. The summed E-state index contributed by atoms with van der Waals surface area (Å²) in [4.78, 5) is 31.2. The molecule has 30 heavy (non-hydrogen) atoms. The van der Waals surface area contributed by atoms with Crippen molar-refractivity contribution in [3.05, 3.63) is 35.0 Å². The lowest BCUT2D eigenvalue weighted by Crippen LogP contribution is -2.53. The van der Waals surface area contributed by atoms with Crippen molar-refractivity contribution in [1.82, 2.24) is 9.88 Å². The molecule has 4 unspecified atom stereocenters. The number of ether oxygens (including phenoxy) is 1. The summed E-state index contributed by atoms with van der Waals surface area (Å²) >= 11 is 6.44. The van der Waals surface area contributed by atoms with Crippen LogP contribution < -0.4 is 0 Å². The Morgan fingerprint density at radius 1 is 1.27 bits per heavy atom. The summed E-state index contributed by atoms with van der Waals surface area (Å²) in [6.45, 7) is 5.15. The van der Waals surface area contributed by atoms with Crippen LogP contribution in [0.2, 0.25) is 5.02 Å². The van der Waals surface area contributed by atoms with Gasteiger partial charge in [0.1, 0.15) is 0 Å². The number of H-pyrrole nitrogens is 1. The highest BCUT2D eigenvalue weighted by molar-refractivity contribution is 6.35. The van der Waals surface area contributed by atoms with Gasteiger partial charge in [0.25, 0.3) is 0 Å². The molecule has 2 aliphatic rings. The molecule has 4 rings (SSSR count). The maximum atomic E-state index is 13.3. The Kier molecular flexibility index (Phi) is 6.37. The SMILES string of the molecule is CCOC(=O)C1CCCC2C1CCCN2C(=O)CC(C)c1c[nH]c2cccc(Cl)c12. The van der Waals surface area contributed by atoms with Crippen LogP contribution in [0.4, 0.5) is 0 Å². The number of piperidine rings is 1. The van der Waals surface area contributed by atoms with Crippen LogP contribution in [0.3, 0.4) is 0 Å². The lowest BCUT2D eigenvalue weighted by Gasteiger charge is -2.47. The minimum absolute atomic E-state index is 0.0656. The Hall–Kier alpha value is -2.01. The van der Waals surface area contributed by atoms with Gasteiger partial charge < -0.3 is 14.6 Å². The lowest BCUT2D eigenvalue weighted by molar-refractivity contribution is -0.157. The third kappa shape index (κ3) is 3.96. The first-order valence-electron chi connectivity index (χ1n) is 11.2. The second-order valence-corrected chi connectivity index (χ2v) is 9.17. The van der Waals surface area contributed by atoms with Gasteiger partial charge in [0.05, 0.1) is 17.5 Å². The van der Waals surface area contributed by atoms with Crippen molar-refractivity contribution in [2.45, 2.75) is 64.3 Å². The molecular weight excluding hydrogens is 400 g/mol. The number of rotatable bonds is 5. The Labute approximate surface area is 183 Å². The Bertz CT molecular complexity index is 924. The van der Waals surface area contributed by atoms with Crippen LogP contribution in [0.1, 0.15) is 63.9 Å². The molecule has 1 N–H and O–H groups in total. The number of aromatic nitrogens is 1. The molecule has 2 heterocycles. The zero-order valence-corrected chi connectivity index (χ0v) is 18.6. The standard InChI is InChI=1S/C24H31ClN2O3/c1-3-30-24(29)17-7-4-11-21-16(17)8-6-12-27(21)22(28)13-15(2)18-14-26-20-10-5-9-19(25)23(18)20/h5,9-10,14-17,21,26H,3-4,6-8,11-13H2,1-2H3. The molecule has 1 aromatic heterocycles. The highest BCUT2D eigenvalue weighted by Gasteiger charge is 2.44. The number of aromatic amines is 1. The van der Waals surface area contributed by atoms with E-state index in [9.17, 15) is 9.59 Å². The number of amides is 1. The van der Waals surface area contributed by atoms with E-state index in [0.29, 0.717) is 18.1 Å². The molecule has 4 atom stereocenters. The molecule has 1 saturated carbocycles. The molecule has 0 spiro atoms. The van der Waals surface area contributed by atoms with E-state index in [1.807, 2.05) is 31.3 Å². The molecule has 1 amide bonds. The number of carbonyl (C=O) groups is 2. The summed E-state index contributed by atoms with van der Waals surface area (Å²) in [5, 5.41) is 1.72. The van der Waals surface area contributed by atoms with Crippen LogP contribution >= 0.6 is 11.6 Å². The van der Waals surface area contributed by atoms with Gasteiger partial charge in [-0.1, -0.05) is 31.0 Å². The minimum Gasteiger partial charge on any atom is -0.466 e. The van der Waals surface area contributed by atoms with E-state index in [4.69, 9.17) is 16.3 Å². The third-order valence-electron chi connectivity index (χ3n) is 6.97. The van der Waals surface area contributed by atoms with Gasteiger partial charge in [-0.05, 0) is 62.1 Å². The van der Waals surface area contributed by atoms with Crippen LogP contribution in [0.25, 0.3) is 10.9 Å². The zero-order chi connectivity index (χ0) is 21.3. The average molecular weight is 431 g/mol. The molecule has 1 aliphatic carbocycles. The summed E-state index contributed by atoms with van der Waals surface area (Å²) in [6, 6.07) is 5.99. The second-order valence-electron chi connectivity index (χ2n) is 8.76. The monoisotopic (exact) mass is 430 g/mol. The molecule has 0 bridgehead atoms. The number of nitrogens with zero attached hydrogens (tertiary/aromatic N) is 1. The Morgan fingerprint density at radius 3 is 2.90 bits per heavy atom. The van der Waals surface area contributed by atoms with Crippen molar-refractivity contribution < 1.29 is 14.3 Å². The molecule has 1 aromatic carbocycles. The maximum absolute atomic E-state index is 13.3. The molecule has 1 aliphatic heterocycles. The average Bonchev–Trinajstić information content (AvgIpc) is 3.18. The number of nitrogens with one attached hydrogen (secondary N) is 1. The fraction of sp³-hybridized carbons (Fsp3) is 0.583. The summed E-state index contributed by atoms with van der Waals surface area (Å²) in [6.07, 6.45) is 7.23. The minimum atomic E-state index is -0.0803. The van der Waals surface area contributed by atoms with E-state index in [1.165, 1.54) is 0 Å². The highest BCUT2D eigenvalue weighted by atomic mass is 35.5. The van der Waals surface area contributed by atoms with Gasteiger partial charge in [0, 0.05) is 36.1 Å². The molecule has 2 fully saturated rings. The van der Waals surface area contributed by atoms with E-state index < -0.39 is 0 Å². The summed E-state index contributed by atoms with van der Waals surface area (Å²) in [5.41, 5.74) is 2.09. The molecule has 2 aromatic rings. The zero-order valence-electron chi connectivity index (χ0n) is 17.8. The van der Waals surface area contributed by atoms with Crippen molar-refractivity contribution in [1.29, 1.82) is 0 Å². The number of esters is 1. The first kappa shape index (κ1) is 21.2. The van der Waals surface area contributed by atoms with Gasteiger partial charge in [-0.3, -0.25) is 9.59 Å². The normalized spacial score (nSPS) is 25.0. The Morgan fingerprint density at radius 2 is 2.10 bits per heavy atom. The van der Waals surface area contributed by atoms with Gasteiger partial charge in [0.15, 0.2) is 0 Å². The van der Waals surface area contributed by atoms with E-state index in [-0.39, 0.29) is 35.7 Å². The van der Waals surface area contributed by atoms with Gasteiger partial charge in [-0.25, -0.2) is 0 Å². The van der Waals surface area contributed by atoms with Gasteiger partial charge in [0.2, 0.25) is 5.91 Å². The van der Waals surface area contributed by atoms with E-state index in [1.54, 1.807) is 0 Å². The van der Waals surface area contributed by atoms with Crippen molar-refractivity contribution in [3.63, 3.8) is 0 Å². The first-order chi connectivity index (χ1) is 14.5. The molecule has 1 saturated heterocycles. The molecular formula is C24H31ClN2O3. The molecule has 0 radical (unpaired) electrons. The number of hydrogen-bond acceptors (Lipinski definition) is 3. The summed E-state index contributed by atoms with van der Waals surface area (Å²) in [7, 11) is 0. The quantitative estimate of drug-likeness (QED) is 0.656. The number of likely N-dealkylation sites (tertiary alicyclic amines) is 1. The predicted molar refractivity (Wildman–Crippen MR) is 119 cm³/mol. The van der Waals surface area contributed by atoms with Crippen molar-refractivity contribution in [2.24, 2.45) is 11.8 Å². The molecule has 6 heteroatoms. The van der Waals surface area contributed by atoms with Crippen molar-refractivity contribution in [3.8, 4) is 0 Å². The van der Waals surface area contributed by atoms with Gasteiger partial charge in [-0.15, -0.1) is 0 Å². The number of hydrogen-bond donors (Lipinski definition) is 1. The predicted octanol–water partition coefficient (Wildman–Crippen LogP) is 5.29. The van der Waals surface area contributed by atoms with E-state index in [0.717, 1.165) is 55.1 Å². The fourth-order valence-electron chi connectivity index (χ4n) is 5.58. The Balaban J connectivity index is 1.49. The lowest BCUT2D eigenvalue weighted by atomic mass is 9.71. The second kappa shape index (κ2) is 9.01. The van der Waals surface area contributed by atoms with Crippen molar-refractivity contribution in [2.75, 3.05) is 13.2 Å². The van der Waals surface area contributed by atoms with Crippen LogP contribution in [-0.4, -0.2) is 41.0 Å². The van der Waals surface area contributed by atoms with E-state index in [2.05, 4.69) is 16.8 Å². The summed E-state index contributed by atoms with van der Waals surface area (Å²) in [5.74, 6) is 0.333. The van der Waals surface area contributed by atoms with Crippen LogP contribution in [0, 0.1) is 11.8 Å². The number of carbonyl (C=O) groups excluding carboxylic acids is 2. The number of fused-ring (bicyclic) bond motifs is 2. The van der Waals surface area contributed by atoms with Gasteiger partial charge in [-0.2, -0.15) is 0 Å².